The normalized spacial score (nSPS) is 53.9. The second-order valence-corrected chi connectivity index (χ2v) is 14.7. The van der Waals surface area contributed by atoms with E-state index in [0.29, 0.717) is 18.4 Å². The van der Waals surface area contributed by atoms with Crippen molar-refractivity contribution in [1.82, 2.24) is 10.6 Å². The van der Waals surface area contributed by atoms with Gasteiger partial charge < -0.3 is 15.4 Å². The topological polar surface area (TPSA) is 67.4 Å². The first-order valence-corrected chi connectivity index (χ1v) is 15.0. The molecule has 0 aromatic rings. The molecule has 2 N–H and O–H groups in total. The summed E-state index contributed by atoms with van der Waals surface area (Å²) in [7, 11) is 0. The molecule has 0 radical (unpaired) electrons. The number of carbonyl (C=O) groups excluding carboxylic acids is 2. The highest BCUT2D eigenvalue weighted by molar-refractivity contribution is 5.78. The molecule has 1 saturated heterocycles. The Morgan fingerprint density at radius 1 is 0.914 bits per heavy atom. The summed E-state index contributed by atoms with van der Waals surface area (Å²) < 4.78 is 6.51. The van der Waals surface area contributed by atoms with Gasteiger partial charge in [0.1, 0.15) is 6.61 Å². The van der Waals surface area contributed by atoms with Crippen molar-refractivity contribution in [1.29, 1.82) is 0 Å². The van der Waals surface area contributed by atoms with Gasteiger partial charge in [-0.15, -0.1) is 0 Å². The van der Waals surface area contributed by atoms with Crippen LogP contribution >= 0.6 is 0 Å². The van der Waals surface area contributed by atoms with Crippen LogP contribution in [-0.2, 0) is 14.3 Å². The zero-order valence-corrected chi connectivity index (χ0v) is 22.0. The average molecular weight is 483 g/mol. The third-order valence-electron chi connectivity index (χ3n) is 12.9. The van der Waals surface area contributed by atoms with Gasteiger partial charge >= 0.3 is 0 Å². The van der Waals surface area contributed by atoms with E-state index in [1.165, 1.54) is 64.2 Å². The second kappa shape index (κ2) is 7.95. The molecule has 4 bridgehead atoms. The third kappa shape index (κ3) is 3.56. The molecule has 8 aliphatic rings. The Kier molecular flexibility index (Phi) is 5.23. The standard InChI is InChI=1S/C30H46N2O3/c1-28-10-8-26(33)31-24(28)5-3-21-22-4-6-25(29(22,2)9-7-23(21)28)35-17-27(34)32-30-14-18-11-19(15-30)13-20(12-18)16-30/h18-25H,3-17H2,1-2H3,(H,31,33)(H,32,34)/t18?,19?,20?,21-,22-,23+,24?,25?,28+,29-,30?/m0/s1. The van der Waals surface area contributed by atoms with E-state index in [0.717, 1.165) is 48.9 Å². The first-order chi connectivity index (χ1) is 16.8. The van der Waals surface area contributed by atoms with Gasteiger partial charge in [0.15, 0.2) is 0 Å². The summed E-state index contributed by atoms with van der Waals surface area (Å²) in [5.41, 5.74) is 0.539. The van der Waals surface area contributed by atoms with Crippen molar-refractivity contribution in [3.8, 4) is 0 Å². The van der Waals surface area contributed by atoms with E-state index >= 15 is 0 Å². The lowest BCUT2D eigenvalue weighted by atomic mass is 9.47. The number of carbonyl (C=O) groups is 2. The van der Waals surface area contributed by atoms with Gasteiger partial charge in [0.05, 0.1) is 6.10 Å². The minimum atomic E-state index is 0.0822. The summed E-state index contributed by atoms with van der Waals surface area (Å²) >= 11 is 0. The molecule has 7 atom stereocenters. The van der Waals surface area contributed by atoms with Gasteiger partial charge in [-0.1, -0.05) is 13.8 Å². The van der Waals surface area contributed by atoms with E-state index in [9.17, 15) is 9.59 Å². The zero-order chi connectivity index (χ0) is 24.0. The Morgan fingerprint density at radius 2 is 1.60 bits per heavy atom. The van der Waals surface area contributed by atoms with E-state index in [1.807, 2.05) is 0 Å². The van der Waals surface area contributed by atoms with Gasteiger partial charge in [-0.3, -0.25) is 9.59 Å². The number of amides is 2. The largest absolute Gasteiger partial charge is 0.368 e. The molecular formula is C30H46N2O3. The number of nitrogens with one attached hydrogen (secondary N) is 2. The fourth-order valence-electron chi connectivity index (χ4n) is 11.7. The van der Waals surface area contributed by atoms with Crippen LogP contribution in [0, 0.1) is 46.3 Å². The van der Waals surface area contributed by atoms with Gasteiger partial charge in [0.2, 0.25) is 11.8 Å². The number of hydrogen-bond donors (Lipinski definition) is 2. The van der Waals surface area contributed by atoms with Crippen molar-refractivity contribution in [2.75, 3.05) is 6.61 Å². The molecule has 1 heterocycles. The molecule has 2 unspecified atom stereocenters. The molecule has 194 valence electrons. The quantitative estimate of drug-likeness (QED) is 0.594. The maximum absolute atomic E-state index is 13.1. The SMILES string of the molecule is C[C@]12CCC(=O)NC1CC[C@@H]1[C@H]2CC[C@]2(C)C(OCC(=O)NC34CC5CC(CC(C5)C3)C4)CC[C@@H]12. The maximum atomic E-state index is 13.1. The molecule has 2 amide bonds. The fraction of sp³-hybridized carbons (Fsp3) is 0.933. The van der Waals surface area contributed by atoms with Crippen LogP contribution in [0.15, 0.2) is 0 Å². The number of hydrogen-bond acceptors (Lipinski definition) is 3. The summed E-state index contributed by atoms with van der Waals surface area (Å²) in [5.74, 6) is 5.11. The van der Waals surface area contributed by atoms with E-state index in [-0.39, 0.29) is 40.9 Å². The van der Waals surface area contributed by atoms with Crippen molar-refractivity contribution in [2.24, 2.45) is 46.3 Å². The van der Waals surface area contributed by atoms with Gasteiger partial charge in [0.25, 0.3) is 0 Å². The van der Waals surface area contributed by atoms with Crippen LogP contribution in [0.5, 0.6) is 0 Å². The van der Waals surface area contributed by atoms with Crippen LogP contribution in [0.3, 0.4) is 0 Å². The average Bonchev–Trinajstić information content (AvgIpc) is 3.13. The molecule has 0 aromatic heterocycles. The molecule has 5 nitrogen and oxygen atoms in total. The van der Waals surface area contributed by atoms with Gasteiger partial charge in [-0.25, -0.2) is 0 Å². The third-order valence-corrected chi connectivity index (χ3v) is 12.9. The van der Waals surface area contributed by atoms with Crippen LogP contribution in [0.2, 0.25) is 0 Å². The van der Waals surface area contributed by atoms with Crippen molar-refractivity contribution in [2.45, 2.75) is 121 Å². The number of piperidine rings is 1. The van der Waals surface area contributed by atoms with Crippen molar-refractivity contribution < 1.29 is 14.3 Å². The predicted molar refractivity (Wildman–Crippen MR) is 134 cm³/mol. The van der Waals surface area contributed by atoms with E-state index in [2.05, 4.69) is 24.5 Å². The van der Waals surface area contributed by atoms with Crippen molar-refractivity contribution in [3.63, 3.8) is 0 Å². The molecule has 5 heteroatoms. The molecule has 8 fully saturated rings. The van der Waals surface area contributed by atoms with Crippen LogP contribution in [0.25, 0.3) is 0 Å². The van der Waals surface area contributed by atoms with Gasteiger partial charge in [-0.2, -0.15) is 0 Å². The first kappa shape index (κ1) is 23.0. The first-order valence-electron chi connectivity index (χ1n) is 15.0. The molecule has 7 saturated carbocycles. The molecule has 35 heavy (non-hydrogen) atoms. The minimum Gasteiger partial charge on any atom is -0.368 e. The smallest absolute Gasteiger partial charge is 0.246 e. The van der Waals surface area contributed by atoms with Crippen molar-refractivity contribution in [3.05, 3.63) is 0 Å². The predicted octanol–water partition coefficient (Wildman–Crippen LogP) is 4.98. The van der Waals surface area contributed by atoms with Crippen molar-refractivity contribution >= 4 is 11.8 Å². The maximum Gasteiger partial charge on any atom is 0.246 e. The van der Waals surface area contributed by atoms with Crippen LogP contribution < -0.4 is 10.6 Å². The number of rotatable bonds is 4. The second-order valence-electron chi connectivity index (χ2n) is 14.7. The van der Waals surface area contributed by atoms with E-state index in [4.69, 9.17) is 4.74 Å². The summed E-state index contributed by atoms with van der Waals surface area (Å²) in [6, 6.07) is 0.371. The molecule has 0 aromatic carbocycles. The van der Waals surface area contributed by atoms with Crippen LogP contribution in [0.4, 0.5) is 0 Å². The van der Waals surface area contributed by atoms with E-state index in [1.54, 1.807) is 0 Å². The summed E-state index contributed by atoms with van der Waals surface area (Å²) in [6.45, 7) is 5.18. The van der Waals surface area contributed by atoms with E-state index < -0.39 is 0 Å². The van der Waals surface area contributed by atoms with Gasteiger partial charge in [0, 0.05) is 18.0 Å². The van der Waals surface area contributed by atoms with Gasteiger partial charge in [-0.05, 0) is 130 Å². The lowest BCUT2D eigenvalue weighted by Gasteiger charge is -2.60. The lowest BCUT2D eigenvalue weighted by Crippen LogP contribution is -2.61. The highest BCUT2D eigenvalue weighted by Crippen LogP contribution is 2.64. The highest BCUT2D eigenvalue weighted by atomic mass is 16.5. The van der Waals surface area contributed by atoms with Crippen LogP contribution in [-0.4, -0.2) is 36.1 Å². The highest BCUT2D eigenvalue weighted by Gasteiger charge is 2.61. The Hall–Kier alpha value is -1.10. The fourth-order valence-corrected chi connectivity index (χ4v) is 11.7. The summed E-state index contributed by atoms with van der Waals surface area (Å²) in [6.07, 6.45) is 17.0. The Balaban J connectivity index is 0.992. The Bertz CT molecular complexity index is 867. The Morgan fingerprint density at radius 3 is 2.31 bits per heavy atom. The summed E-state index contributed by atoms with van der Waals surface area (Å²) in [4.78, 5) is 25.2. The Labute approximate surface area is 211 Å². The molecule has 8 rings (SSSR count). The minimum absolute atomic E-state index is 0.0822. The summed E-state index contributed by atoms with van der Waals surface area (Å²) in [5, 5.41) is 6.87. The monoisotopic (exact) mass is 482 g/mol. The lowest BCUT2D eigenvalue weighted by molar-refractivity contribution is -0.147. The van der Waals surface area contributed by atoms with Crippen LogP contribution in [0.1, 0.15) is 104 Å². The molecule has 1 aliphatic heterocycles. The number of ether oxygens (including phenoxy) is 1. The zero-order valence-electron chi connectivity index (χ0n) is 22.0. The molecule has 0 spiro atoms. The number of fused-ring (bicyclic) bond motifs is 5. The molecular weight excluding hydrogens is 436 g/mol. The molecule has 7 aliphatic carbocycles.